The lowest BCUT2D eigenvalue weighted by atomic mass is 10.0. The molecule has 0 aliphatic carbocycles. The van der Waals surface area contributed by atoms with Gasteiger partial charge in [-0.2, -0.15) is 9.97 Å². The van der Waals surface area contributed by atoms with Crippen LogP contribution in [0.4, 0.5) is 23.5 Å². The fraction of sp³-hybridized carbons (Fsp3) is 0.355. The number of nitrogens with two attached hydrogens (primary N) is 4. The zero-order valence-corrected chi connectivity index (χ0v) is 32.8. The van der Waals surface area contributed by atoms with Crippen molar-refractivity contribution in [2.75, 3.05) is 36.1 Å². The zero-order chi connectivity index (χ0) is 35.1. The SMILES string of the molecule is CC(C)c1cc(O)c(I)cc1Oc1cnc(N)nc1N.CC(C)c1cc(OCCO[Si](C)(C)C)c(I)cc1Oc1cnc(N)nc1N. The number of nitrogen functional groups attached to an aromatic ring is 4. The Morgan fingerprint density at radius 2 is 1.15 bits per heavy atom. The summed E-state index contributed by atoms with van der Waals surface area (Å²) in [4.78, 5) is 15.6. The van der Waals surface area contributed by atoms with Gasteiger partial charge in [0.15, 0.2) is 31.5 Å². The molecule has 254 valence electrons. The van der Waals surface area contributed by atoms with E-state index < -0.39 is 8.32 Å². The van der Waals surface area contributed by atoms with Crippen molar-refractivity contribution in [2.24, 2.45) is 0 Å². The Bertz CT molecular complexity index is 1690. The van der Waals surface area contributed by atoms with Crippen LogP contribution in [-0.4, -0.2) is 46.6 Å². The van der Waals surface area contributed by atoms with Crippen molar-refractivity contribution in [1.82, 2.24) is 19.9 Å². The molecule has 9 N–H and O–H groups in total. The Hall–Kier alpha value is -3.36. The van der Waals surface area contributed by atoms with Crippen LogP contribution in [0.5, 0.6) is 34.5 Å². The Morgan fingerprint density at radius 3 is 1.60 bits per heavy atom. The second kappa shape index (κ2) is 16.6. The molecular weight excluding hydrogens is 846 g/mol. The predicted octanol–water partition coefficient (Wildman–Crippen LogP) is 7.26. The van der Waals surface area contributed by atoms with Gasteiger partial charge in [0.2, 0.25) is 11.9 Å². The Balaban J connectivity index is 0.000000267. The highest BCUT2D eigenvalue weighted by Gasteiger charge is 2.18. The van der Waals surface area contributed by atoms with Gasteiger partial charge in [-0.15, -0.1) is 0 Å². The maximum atomic E-state index is 9.80. The van der Waals surface area contributed by atoms with Gasteiger partial charge in [-0.05, 0) is 101 Å². The molecule has 2 aromatic heterocycles. The summed E-state index contributed by atoms with van der Waals surface area (Å²) in [6, 6.07) is 7.38. The van der Waals surface area contributed by atoms with Gasteiger partial charge in [0, 0.05) is 11.1 Å². The fourth-order valence-corrected chi connectivity index (χ4v) is 5.72. The molecule has 2 heterocycles. The van der Waals surface area contributed by atoms with Crippen molar-refractivity contribution >= 4 is 77.0 Å². The van der Waals surface area contributed by atoms with E-state index in [4.69, 9.17) is 41.6 Å². The van der Waals surface area contributed by atoms with Gasteiger partial charge in [0.05, 0.1) is 26.1 Å². The smallest absolute Gasteiger partial charge is 0.222 e. The third-order valence-corrected chi connectivity index (χ3v) is 9.08. The molecular formula is C31H42I2N8O5Si. The first kappa shape index (κ1) is 38.1. The largest absolute Gasteiger partial charge is 0.507 e. The van der Waals surface area contributed by atoms with Crippen molar-refractivity contribution in [3.63, 3.8) is 0 Å². The third-order valence-electron chi connectivity index (χ3n) is 6.31. The minimum Gasteiger partial charge on any atom is -0.507 e. The van der Waals surface area contributed by atoms with Crippen LogP contribution in [0.15, 0.2) is 36.7 Å². The van der Waals surface area contributed by atoms with E-state index in [0.717, 1.165) is 20.4 Å². The fourth-order valence-electron chi connectivity index (χ4n) is 3.99. The Labute approximate surface area is 303 Å². The Kier molecular flexibility index (Phi) is 13.5. The number of phenols is 1. The van der Waals surface area contributed by atoms with Crippen molar-refractivity contribution in [2.45, 2.75) is 59.2 Å². The number of anilines is 4. The molecule has 16 heteroatoms. The average molecular weight is 889 g/mol. The van der Waals surface area contributed by atoms with E-state index >= 15 is 0 Å². The lowest BCUT2D eigenvalue weighted by Crippen LogP contribution is -2.27. The zero-order valence-electron chi connectivity index (χ0n) is 27.5. The number of nitrogens with zero attached hydrogens (tertiary/aromatic N) is 4. The number of ether oxygens (including phenoxy) is 3. The van der Waals surface area contributed by atoms with E-state index in [1.807, 2.05) is 48.6 Å². The van der Waals surface area contributed by atoms with Crippen LogP contribution in [-0.2, 0) is 4.43 Å². The van der Waals surface area contributed by atoms with Crippen LogP contribution >= 0.6 is 45.2 Å². The van der Waals surface area contributed by atoms with E-state index in [-0.39, 0.29) is 41.1 Å². The van der Waals surface area contributed by atoms with E-state index in [1.54, 1.807) is 12.1 Å². The molecule has 0 radical (unpaired) electrons. The molecule has 0 saturated heterocycles. The first-order valence-electron chi connectivity index (χ1n) is 14.7. The molecule has 0 spiro atoms. The van der Waals surface area contributed by atoms with Crippen LogP contribution in [0, 0.1) is 7.14 Å². The number of aromatic hydroxyl groups is 1. The van der Waals surface area contributed by atoms with Crippen molar-refractivity contribution < 1.29 is 23.7 Å². The van der Waals surface area contributed by atoms with Gasteiger partial charge < -0.3 is 46.7 Å². The highest BCUT2D eigenvalue weighted by molar-refractivity contribution is 14.1. The number of benzene rings is 2. The highest BCUT2D eigenvalue weighted by atomic mass is 127. The van der Waals surface area contributed by atoms with Crippen molar-refractivity contribution in [3.05, 3.63) is 54.9 Å². The van der Waals surface area contributed by atoms with Gasteiger partial charge in [-0.3, -0.25) is 0 Å². The summed E-state index contributed by atoms with van der Waals surface area (Å²) < 4.78 is 25.2. The summed E-state index contributed by atoms with van der Waals surface area (Å²) >= 11 is 4.27. The summed E-state index contributed by atoms with van der Waals surface area (Å²) in [6.07, 6.45) is 2.91. The molecule has 0 aliphatic heterocycles. The molecule has 4 aromatic rings. The number of phenolic OH excluding ortho intramolecular Hbond substituents is 1. The first-order chi connectivity index (χ1) is 21.9. The Morgan fingerprint density at radius 1 is 0.681 bits per heavy atom. The number of halogens is 2. The molecule has 4 rings (SSSR count). The van der Waals surface area contributed by atoms with Crippen LogP contribution in [0.25, 0.3) is 0 Å². The second-order valence-corrected chi connectivity index (χ2v) is 18.8. The summed E-state index contributed by atoms with van der Waals surface area (Å²) in [6.45, 7) is 15.8. The quantitative estimate of drug-likeness (QED) is 0.0571. The number of rotatable bonds is 11. The maximum absolute atomic E-state index is 9.80. The summed E-state index contributed by atoms with van der Waals surface area (Å²) in [5, 5.41) is 9.80. The van der Waals surface area contributed by atoms with E-state index in [1.165, 1.54) is 12.4 Å². The second-order valence-electron chi connectivity index (χ2n) is 11.9. The number of hydrogen-bond donors (Lipinski definition) is 5. The van der Waals surface area contributed by atoms with Crippen LogP contribution in [0.3, 0.4) is 0 Å². The molecule has 13 nitrogen and oxygen atoms in total. The maximum Gasteiger partial charge on any atom is 0.222 e. The average Bonchev–Trinajstić information content (AvgIpc) is 2.96. The van der Waals surface area contributed by atoms with E-state index in [9.17, 15) is 5.11 Å². The van der Waals surface area contributed by atoms with Gasteiger partial charge >= 0.3 is 0 Å². The monoisotopic (exact) mass is 888 g/mol. The van der Waals surface area contributed by atoms with Crippen LogP contribution in [0.1, 0.15) is 50.7 Å². The summed E-state index contributed by atoms with van der Waals surface area (Å²) in [5.41, 5.74) is 24.5. The normalized spacial score (nSPS) is 11.3. The number of aromatic nitrogens is 4. The topological polar surface area (TPSA) is 213 Å². The lowest BCUT2D eigenvalue weighted by molar-refractivity contribution is 0.211. The molecule has 0 fully saturated rings. The molecule has 0 amide bonds. The molecule has 47 heavy (non-hydrogen) atoms. The minimum atomic E-state index is -1.53. The van der Waals surface area contributed by atoms with Crippen LogP contribution in [0.2, 0.25) is 19.6 Å². The lowest BCUT2D eigenvalue weighted by Gasteiger charge is -2.19. The van der Waals surface area contributed by atoms with E-state index in [2.05, 4.69) is 76.0 Å². The molecule has 0 bridgehead atoms. The van der Waals surface area contributed by atoms with Gasteiger partial charge in [0.1, 0.15) is 29.6 Å². The van der Waals surface area contributed by atoms with Gasteiger partial charge in [-0.25, -0.2) is 9.97 Å². The van der Waals surface area contributed by atoms with Gasteiger partial charge in [-0.1, -0.05) is 27.7 Å². The minimum absolute atomic E-state index is 0.0965. The molecule has 0 unspecified atom stereocenters. The first-order valence-corrected chi connectivity index (χ1v) is 20.3. The summed E-state index contributed by atoms with van der Waals surface area (Å²) in [5.74, 6) is 4.06. The molecule has 0 aliphatic rings. The number of hydrogen-bond acceptors (Lipinski definition) is 13. The summed E-state index contributed by atoms with van der Waals surface area (Å²) in [7, 11) is -1.53. The molecule has 2 aromatic carbocycles. The third kappa shape index (κ3) is 11.4. The van der Waals surface area contributed by atoms with E-state index in [0.29, 0.717) is 39.8 Å². The highest BCUT2D eigenvalue weighted by Crippen LogP contribution is 2.39. The molecule has 0 atom stereocenters. The van der Waals surface area contributed by atoms with Crippen molar-refractivity contribution in [1.29, 1.82) is 0 Å². The predicted molar refractivity (Wildman–Crippen MR) is 205 cm³/mol. The van der Waals surface area contributed by atoms with Crippen molar-refractivity contribution in [3.8, 4) is 34.5 Å². The standard InChI is InChI=1S/C18H27IN4O3Si.C13H15IN4O2/c1-11(2)12-8-15(24-6-7-25-27(3,4)5)13(19)9-14(12)26-16-10-22-18(21)23-17(16)20;1-6(2)7-3-9(19)8(14)4-10(7)20-11-5-17-13(16)18-12(11)15/h8-11H,6-7H2,1-5H3,(H4,20,21,22,23);3-6,19H,1-2H3,(H4,15,16,17,18). The molecule has 0 saturated carbocycles. The van der Waals surface area contributed by atoms with Gasteiger partial charge in [0.25, 0.3) is 0 Å². The van der Waals surface area contributed by atoms with Crippen LogP contribution < -0.4 is 37.1 Å².